The standard InChI is InChI=1S/C14H12N2O4/c17-13(18)9-5-10(14(19)20)7-12(6-9)16-8-11-3-1-2-4-15-11/h1-7,16H,8H2,(H,17,18)(H,19,20). The molecule has 6 heteroatoms. The number of carboxylic acids is 2. The largest absolute Gasteiger partial charge is 0.478 e. The molecule has 0 fully saturated rings. The van der Waals surface area contributed by atoms with Crippen LogP contribution in [0.3, 0.4) is 0 Å². The molecule has 20 heavy (non-hydrogen) atoms. The van der Waals surface area contributed by atoms with Gasteiger partial charge in [-0.25, -0.2) is 9.59 Å². The number of anilines is 1. The average Bonchev–Trinajstić information content (AvgIpc) is 2.45. The first kappa shape index (κ1) is 13.5. The Kier molecular flexibility index (Phi) is 3.95. The normalized spacial score (nSPS) is 10.0. The molecule has 6 nitrogen and oxygen atoms in total. The summed E-state index contributed by atoms with van der Waals surface area (Å²) in [5.74, 6) is -2.34. The van der Waals surface area contributed by atoms with Crippen molar-refractivity contribution in [3.63, 3.8) is 0 Å². The molecule has 102 valence electrons. The van der Waals surface area contributed by atoms with Gasteiger partial charge in [0.1, 0.15) is 0 Å². The van der Waals surface area contributed by atoms with Crippen LogP contribution in [0.15, 0.2) is 42.6 Å². The minimum atomic E-state index is -1.17. The van der Waals surface area contributed by atoms with Gasteiger partial charge in [-0.05, 0) is 30.3 Å². The topological polar surface area (TPSA) is 99.5 Å². The number of hydrogen-bond donors (Lipinski definition) is 3. The molecule has 2 rings (SSSR count). The smallest absolute Gasteiger partial charge is 0.335 e. The molecule has 0 saturated heterocycles. The van der Waals surface area contributed by atoms with Crippen molar-refractivity contribution in [3.8, 4) is 0 Å². The number of aromatic nitrogens is 1. The Morgan fingerprint density at radius 2 is 1.70 bits per heavy atom. The Morgan fingerprint density at radius 1 is 1.05 bits per heavy atom. The number of benzene rings is 1. The summed E-state index contributed by atoms with van der Waals surface area (Å²) in [5.41, 5.74) is 1.04. The van der Waals surface area contributed by atoms with Crippen LogP contribution < -0.4 is 5.32 Å². The van der Waals surface area contributed by atoms with Gasteiger partial charge in [0, 0.05) is 11.9 Å². The molecule has 0 radical (unpaired) electrons. The Bertz CT molecular complexity index is 609. The van der Waals surface area contributed by atoms with Gasteiger partial charge in [-0.2, -0.15) is 0 Å². The first-order valence-corrected chi connectivity index (χ1v) is 5.82. The first-order valence-electron chi connectivity index (χ1n) is 5.82. The Hall–Kier alpha value is -2.89. The van der Waals surface area contributed by atoms with Crippen molar-refractivity contribution in [3.05, 3.63) is 59.4 Å². The molecule has 2 aromatic rings. The molecule has 1 aromatic carbocycles. The maximum atomic E-state index is 11.0. The summed E-state index contributed by atoms with van der Waals surface area (Å²) < 4.78 is 0. The number of carbonyl (C=O) groups is 2. The molecule has 0 saturated carbocycles. The lowest BCUT2D eigenvalue weighted by molar-refractivity contribution is 0.0696. The van der Waals surface area contributed by atoms with Crippen molar-refractivity contribution in [2.24, 2.45) is 0 Å². The van der Waals surface area contributed by atoms with E-state index in [0.717, 1.165) is 11.8 Å². The molecule has 0 spiro atoms. The monoisotopic (exact) mass is 272 g/mol. The molecule has 0 unspecified atom stereocenters. The van der Waals surface area contributed by atoms with E-state index in [2.05, 4.69) is 10.3 Å². The van der Waals surface area contributed by atoms with Gasteiger partial charge < -0.3 is 15.5 Å². The van der Waals surface area contributed by atoms with E-state index < -0.39 is 11.9 Å². The molecule has 1 aromatic heterocycles. The van der Waals surface area contributed by atoms with Crippen molar-refractivity contribution < 1.29 is 19.8 Å². The fourth-order valence-corrected chi connectivity index (χ4v) is 1.67. The zero-order chi connectivity index (χ0) is 14.5. The highest BCUT2D eigenvalue weighted by Gasteiger charge is 2.11. The van der Waals surface area contributed by atoms with E-state index in [9.17, 15) is 9.59 Å². The van der Waals surface area contributed by atoms with Gasteiger partial charge in [0.2, 0.25) is 0 Å². The van der Waals surface area contributed by atoms with E-state index in [4.69, 9.17) is 10.2 Å². The third-order valence-corrected chi connectivity index (χ3v) is 2.63. The maximum Gasteiger partial charge on any atom is 0.335 e. The van der Waals surface area contributed by atoms with Crippen molar-refractivity contribution in [1.82, 2.24) is 4.98 Å². The predicted molar refractivity (Wildman–Crippen MR) is 71.9 cm³/mol. The third kappa shape index (κ3) is 3.32. The molecule has 1 heterocycles. The van der Waals surface area contributed by atoms with Gasteiger partial charge in [0.25, 0.3) is 0 Å². The highest BCUT2D eigenvalue weighted by Crippen LogP contribution is 2.16. The zero-order valence-electron chi connectivity index (χ0n) is 10.4. The Labute approximate surface area is 114 Å². The lowest BCUT2D eigenvalue weighted by Gasteiger charge is -2.08. The minimum absolute atomic E-state index is 0.0755. The van der Waals surface area contributed by atoms with E-state index in [-0.39, 0.29) is 11.1 Å². The summed E-state index contributed by atoms with van der Waals surface area (Å²) in [6.07, 6.45) is 1.65. The Morgan fingerprint density at radius 3 is 2.20 bits per heavy atom. The van der Waals surface area contributed by atoms with Crippen LogP contribution in [0.2, 0.25) is 0 Å². The van der Waals surface area contributed by atoms with Gasteiger partial charge in [0.05, 0.1) is 23.4 Å². The van der Waals surface area contributed by atoms with Crippen LogP contribution in [0.1, 0.15) is 26.4 Å². The summed E-state index contributed by atoms with van der Waals surface area (Å²) in [4.78, 5) is 26.1. The van der Waals surface area contributed by atoms with Gasteiger partial charge >= 0.3 is 11.9 Å². The molecular weight excluding hydrogens is 260 g/mol. The number of pyridine rings is 1. The van der Waals surface area contributed by atoms with E-state index >= 15 is 0 Å². The number of nitrogens with one attached hydrogen (secondary N) is 1. The van der Waals surface area contributed by atoms with Gasteiger partial charge in [-0.1, -0.05) is 6.07 Å². The second kappa shape index (κ2) is 5.83. The van der Waals surface area contributed by atoms with Gasteiger partial charge in [-0.3, -0.25) is 4.98 Å². The molecule has 0 atom stereocenters. The summed E-state index contributed by atoms with van der Waals surface area (Å²) in [5, 5.41) is 20.9. The molecule has 0 aliphatic rings. The second-order valence-corrected chi connectivity index (χ2v) is 4.08. The molecule has 0 bridgehead atoms. The Balaban J connectivity index is 2.22. The summed E-state index contributed by atoms with van der Waals surface area (Å²) >= 11 is 0. The van der Waals surface area contributed by atoms with Crippen molar-refractivity contribution in [2.45, 2.75) is 6.54 Å². The molecular formula is C14H12N2O4. The predicted octanol–water partition coefficient (Wildman–Crippen LogP) is 2.09. The van der Waals surface area contributed by atoms with E-state index in [0.29, 0.717) is 12.2 Å². The SMILES string of the molecule is O=C(O)c1cc(NCc2ccccn2)cc(C(=O)O)c1. The average molecular weight is 272 g/mol. The van der Waals surface area contributed by atoms with Crippen LogP contribution in [-0.2, 0) is 6.54 Å². The van der Waals surface area contributed by atoms with Crippen LogP contribution in [0.4, 0.5) is 5.69 Å². The van der Waals surface area contributed by atoms with E-state index in [1.165, 1.54) is 12.1 Å². The highest BCUT2D eigenvalue weighted by molar-refractivity contribution is 5.95. The van der Waals surface area contributed by atoms with Gasteiger partial charge in [0.15, 0.2) is 0 Å². The molecule has 0 amide bonds. The fraction of sp³-hybridized carbons (Fsp3) is 0.0714. The lowest BCUT2D eigenvalue weighted by Crippen LogP contribution is -2.06. The molecule has 0 aliphatic carbocycles. The third-order valence-electron chi connectivity index (χ3n) is 2.63. The lowest BCUT2D eigenvalue weighted by atomic mass is 10.1. The van der Waals surface area contributed by atoms with Crippen LogP contribution in [0, 0.1) is 0 Å². The quantitative estimate of drug-likeness (QED) is 0.770. The molecule has 3 N–H and O–H groups in total. The minimum Gasteiger partial charge on any atom is -0.478 e. The number of rotatable bonds is 5. The number of aromatic carboxylic acids is 2. The van der Waals surface area contributed by atoms with Crippen molar-refractivity contribution in [1.29, 1.82) is 0 Å². The summed E-state index contributed by atoms with van der Waals surface area (Å²) in [6, 6.07) is 9.33. The van der Waals surface area contributed by atoms with Crippen LogP contribution >= 0.6 is 0 Å². The summed E-state index contributed by atoms with van der Waals surface area (Å²) in [6.45, 7) is 0.378. The van der Waals surface area contributed by atoms with Crippen LogP contribution in [0.5, 0.6) is 0 Å². The van der Waals surface area contributed by atoms with Gasteiger partial charge in [-0.15, -0.1) is 0 Å². The first-order chi connectivity index (χ1) is 9.56. The van der Waals surface area contributed by atoms with Crippen molar-refractivity contribution >= 4 is 17.6 Å². The summed E-state index contributed by atoms with van der Waals surface area (Å²) in [7, 11) is 0. The van der Waals surface area contributed by atoms with E-state index in [1.54, 1.807) is 12.3 Å². The zero-order valence-corrected chi connectivity index (χ0v) is 10.4. The highest BCUT2D eigenvalue weighted by atomic mass is 16.4. The number of carboxylic acid groups (broad SMARTS) is 2. The second-order valence-electron chi connectivity index (χ2n) is 4.08. The maximum absolute atomic E-state index is 11.0. The molecule has 0 aliphatic heterocycles. The van der Waals surface area contributed by atoms with Crippen molar-refractivity contribution in [2.75, 3.05) is 5.32 Å². The van der Waals surface area contributed by atoms with Crippen LogP contribution in [0.25, 0.3) is 0 Å². The fourth-order valence-electron chi connectivity index (χ4n) is 1.67. The van der Waals surface area contributed by atoms with E-state index in [1.807, 2.05) is 12.1 Å². The number of hydrogen-bond acceptors (Lipinski definition) is 4. The van der Waals surface area contributed by atoms with Crippen LogP contribution in [-0.4, -0.2) is 27.1 Å². The number of nitrogens with zero attached hydrogens (tertiary/aromatic N) is 1.